The Labute approximate surface area is 102 Å². The fourth-order valence-electron chi connectivity index (χ4n) is 1.89. The molecule has 5 nitrogen and oxygen atoms in total. The number of amides is 1. The van der Waals surface area contributed by atoms with Crippen molar-refractivity contribution in [3.05, 3.63) is 18.2 Å². The SMILES string of the molecule is CCCc1nccn1CC(C)(NCC)C(N)=O. The molecule has 0 aliphatic carbocycles. The van der Waals surface area contributed by atoms with E-state index in [1.54, 1.807) is 6.20 Å². The van der Waals surface area contributed by atoms with Gasteiger partial charge in [-0.3, -0.25) is 4.79 Å². The van der Waals surface area contributed by atoms with Gasteiger partial charge in [-0.05, 0) is 19.9 Å². The van der Waals surface area contributed by atoms with Gasteiger partial charge in [0.25, 0.3) is 0 Å². The van der Waals surface area contributed by atoms with E-state index in [-0.39, 0.29) is 5.91 Å². The average molecular weight is 238 g/mol. The number of nitrogens with one attached hydrogen (secondary N) is 1. The van der Waals surface area contributed by atoms with E-state index in [1.807, 2.05) is 24.6 Å². The van der Waals surface area contributed by atoms with Crippen LogP contribution in [-0.2, 0) is 17.8 Å². The van der Waals surface area contributed by atoms with Crippen LogP contribution in [0.5, 0.6) is 0 Å². The fourth-order valence-corrected chi connectivity index (χ4v) is 1.89. The lowest BCUT2D eigenvalue weighted by atomic mass is 10.0. The zero-order valence-corrected chi connectivity index (χ0v) is 10.9. The van der Waals surface area contributed by atoms with Gasteiger partial charge in [-0.25, -0.2) is 4.98 Å². The second-order valence-corrected chi connectivity index (χ2v) is 4.45. The highest BCUT2D eigenvalue weighted by Gasteiger charge is 2.30. The van der Waals surface area contributed by atoms with Crippen molar-refractivity contribution >= 4 is 5.91 Å². The van der Waals surface area contributed by atoms with Crippen molar-refractivity contribution < 1.29 is 4.79 Å². The summed E-state index contributed by atoms with van der Waals surface area (Å²) < 4.78 is 2.00. The summed E-state index contributed by atoms with van der Waals surface area (Å²) in [5.41, 5.74) is 4.74. The fraction of sp³-hybridized carbons (Fsp3) is 0.667. The maximum Gasteiger partial charge on any atom is 0.239 e. The van der Waals surface area contributed by atoms with Gasteiger partial charge in [-0.15, -0.1) is 0 Å². The molecule has 96 valence electrons. The number of hydrogen-bond donors (Lipinski definition) is 2. The van der Waals surface area contributed by atoms with Crippen molar-refractivity contribution in [3.63, 3.8) is 0 Å². The number of aryl methyl sites for hydroxylation is 1. The first kappa shape index (κ1) is 13.7. The number of rotatable bonds is 7. The second-order valence-electron chi connectivity index (χ2n) is 4.45. The van der Waals surface area contributed by atoms with Gasteiger partial charge in [-0.1, -0.05) is 13.8 Å². The molecule has 1 atom stereocenters. The highest BCUT2D eigenvalue weighted by Crippen LogP contribution is 2.10. The minimum atomic E-state index is -0.724. The number of primary amides is 1. The monoisotopic (exact) mass is 238 g/mol. The van der Waals surface area contributed by atoms with E-state index in [2.05, 4.69) is 17.2 Å². The molecule has 0 aliphatic rings. The lowest BCUT2D eigenvalue weighted by molar-refractivity contribution is -0.124. The molecule has 17 heavy (non-hydrogen) atoms. The molecule has 0 spiro atoms. The van der Waals surface area contributed by atoms with E-state index < -0.39 is 5.54 Å². The quantitative estimate of drug-likeness (QED) is 0.734. The minimum absolute atomic E-state index is 0.338. The Morgan fingerprint density at radius 1 is 1.59 bits per heavy atom. The lowest BCUT2D eigenvalue weighted by Gasteiger charge is -2.28. The number of aromatic nitrogens is 2. The number of carbonyl (C=O) groups is 1. The van der Waals surface area contributed by atoms with Crippen LogP contribution in [0.4, 0.5) is 0 Å². The molecule has 5 heteroatoms. The summed E-state index contributed by atoms with van der Waals surface area (Å²) in [5.74, 6) is 0.661. The average Bonchev–Trinajstić information content (AvgIpc) is 2.66. The van der Waals surface area contributed by atoms with Crippen LogP contribution < -0.4 is 11.1 Å². The van der Waals surface area contributed by atoms with Crippen LogP contribution in [0.25, 0.3) is 0 Å². The lowest BCUT2D eigenvalue weighted by Crippen LogP contribution is -2.55. The normalized spacial score (nSPS) is 14.5. The van der Waals surface area contributed by atoms with Gasteiger partial charge >= 0.3 is 0 Å². The third kappa shape index (κ3) is 3.30. The number of nitrogens with zero attached hydrogens (tertiary/aromatic N) is 2. The number of likely N-dealkylation sites (N-methyl/N-ethyl adjacent to an activating group) is 1. The van der Waals surface area contributed by atoms with Crippen molar-refractivity contribution in [1.82, 2.24) is 14.9 Å². The summed E-state index contributed by atoms with van der Waals surface area (Å²) in [6, 6.07) is 0. The Balaban J connectivity index is 2.86. The second kappa shape index (κ2) is 5.82. The molecule has 0 saturated carbocycles. The number of imidazole rings is 1. The number of carbonyl (C=O) groups excluding carboxylic acids is 1. The molecule has 1 aromatic heterocycles. The predicted molar refractivity (Wildman–Crippen MR) is 67.5 cm³/mol. The third-order valence-corrected chi connectivity index (χ3v) is 2.87. The standard InChI is InChI=1S/C12H22N4O/c1-4-6-10-14-7-8-16(10)9-12(3,11(13)17)15-5-2/h7-8,15H,4-6,9H2,1-3H3,(H2,13,17). The maximum absolute atomic E-state index is 11.5. The zero-order chi connectivity index (χ0) is 12.9. The van der Waals surface area contributed by atoms with Gasteiger partial charge in [0.1, 0.15) is 11.4 Å². The summed E-state index contributed by atoms with van der Waals surface area (Å²) in [6.45, 7) is 7.12. The van der Waals surface area contributed by atoms with Crippen LogP contribution in [0.1, 0.15) is 33.0 Å². The molecule has 0 bridgehead atoms. The summed E-state index contributed by atoms with van der Waals surface area (Å²) >= 11 is 0. The van der Waals surface area contributed by atoms with Crippen LogP contribution >= 0.6 is 0 Å². The largest absolute Gasteiger partial charge is 0.368 e. The Kier molecular flexibility index (Phi) is 4.69. The Morgan fingerprint density at radius 2 is 2.29 bits per heavy atom. The molecule has 3 N–H and O–H groups in total. The van der Waals surface area contributed by atoms with Crippen molar-refractivity contribution in [1.29, 1.82) is 0 Å². The molecule has 1 heterocycles. The van der Waals surface area contributed by atoms with Gasteiger partial charge in [0.2, 0.25) is 5.91 Å². The topological polar surface area (TPSA) is 72.9 Å². The van der Waals surface area contributed by atoms with Crippen molar-refractivity contribution in [2.75, 3.05) is 6.54 Å². The van der Waals surface area contributed by atoms with Crippen molar-refractivity contribution in [2.45, 2.75) is 45.7 Å². The van der Waals surface area contributed by atoms with E-state index in [1.165, 1.54) is 0 Å². The molecule has 1 rings (SSSR count). The molecule has 0 radical (unpaired) electrons. The van der Waals surface area contributed by atoms with E-state index in [0.29, 0.717) is 13.1 Å². The van der Waals surface area contributed by atoms with E-state index >= 15 is 0 Å². The number of nitrogens with two attached hydrogens (primary N) is 1. The van der Waals surface area contributed by atoms with Crippen LogP contribution in [0.15, 0.2) is 12.4 Å². The first-order valence-electron chi connectivity index (χ1n) is 6.08. The van der Waals surface area contributed by atoms with Crippen LogP contribution in [-0.4, -0.2) is 27.5 Å². The van der Waals surface area contributed by atoms with E-state index in [4.69, 9.17) is 5.73 Å². The van der Waals surface area contributed by atoms with Crippen molar-refractivity contribution in [2.24, 2.45) is 5.73 Å². The molecule has 0 fully saturated rings. The molecule has 1 amide bonds. The molecule has 0 aromatic carbocycles. The summed E-state index contributed by atoms with van der Waals surface area (Å²) in [7, 11) is 0. The van der Waals surface area contributed by atoms with Gasteiger partial charge in [0, 0.05) is 18.8 Å². The molecule has 1 aromatic rings. The van der Waals surface area contributed by atoms with Gasteiger partial charge < -0.3 is 15.6 Å². The van der Waals surface area contributed by atoms with Crippen molar-refractivity contribution in [3.8, 4) is 0 Å². The predicted octanol–water partition coefficient (Wildman–Crippen LogP) is 0.689. The molecular formula is C12H22N4O. The highest BCUT2D eigenvalue weighted by molar-refractivity contribution is 5.84. The molecular weight excluding hydrogens is 216 g/mol. The number of hydrogen-bond acceptors (Lipinski definition) is 3. The smallest absolute Gasteiger partial charge is 0.239 e. The van der Waals surface area contributed by atoms with Crippen LogP contribution in [0.3, 0.4) is 0 Å². The first-order valence-corrected chi connectivity index (χ1v) is 6.08. The van der Waals surface area contributed by atoms with Gasteiger partial charge in [0.05, 0.1) is 6.54 Å². The minimum Gasteiger partial charge on any atom is -0.368 e. The Bertz CT molecular complexity index is 374. The van der Waals surface area contributed by atoms with Crippen LogP contribution in [0, 0.1) is 0 Å². The van der Waals surface area contributed by atoms with E-state index in [0.717, 1.165) is 18.7 Å². The zero-order valence-electron chi connectivity index (χ0n) is 10.9. The van der Waals surface area contributed by atoms with Gasteiger partial charge in [-0.2, -0.15) is 0 Å². The Morgan fingerprint density at radius 3 is 2.82 bits per heavy atom. The molecule has 0 saturated heterocycles. The molecule has 1 unspecified atom stereocenters. The maximum atomic E-state index is 11.5. The van der Waals surface area contributed by atoms with Gasteiger partial charge in [0.15, 0.2) is 0 Å². The first-order chi connectivity index (χ1) is 8.03. The summed E-state index contributed by atoms with van der Waals surface area (Å²) in [4.78, 5) is 15.8. The highest BCUT2D eigenvalue weighted by atomic mass is 16.1. The Hall–Kier alpha value is -1.36. The van der Waals surface area contributed by atoms with E-state index in [9.17, 15) is 4.79 Å². The summed E-state index contributed by atoms with van der Waals surface area (Å²) in [5, 5.41) is 3.14. The molecule has 0 aliphatic heterocycles. The van der Waals surface area contributed by atoms with Crippen LogP contribution in [0.2, 0.25) is 0 Å². The summed E-state index contributed by atoms with van der Waals surface area (Å²) in [6.07, 6.45) is 5.60. The third-order valence-electron chi connectivity index (χ3n) is 2.87.